The minimum Gasteiger partial charge on any atom is -0.444 e. The number of aliphatic hydroxyl groups is 2. The summed E-state index contributed by atoms with van der Waals surface area (Å²) >= 11 is 0. The van der Waals surface area contributed by atoms with E-state index in [0.717, 1.165) is 5.57 Å². The van der Waals surface area contributed by atoms with E-state index in [1.54, 1.807) is 58.9 Å². The van der Waals surface area contributed by atoms with Gasteiger partial charge in [0.05, 0.1) is 11.8 Å². The van der Waals surface area contributed by atoms with Crippen molar-refractivity contribution in [3.63, 3.8) is 0 Å². The van der Waals surface area contributed by atoms with E-state index in [1.807, 2.05) is 13.8 Å². The lowest BCUT2D eigenvalue weighted by molar-refractivity contribution is 0.00455. The molecule has 0 bridgehead atoms. The maximum Gasteiger partial charge on any atom is 0.412 e. The van der Waals surface area contributed by atoms with Gasteiger partial charge in [-0.05, 0) is 58.4 Å². The van der Waals surface area contributed by atoms with Crippen molar-refractivity contribution >= 4 is 11.8 Å². The molecule has 152 valence electrons. The summed E-state index contributed by atoms with van der Waals surface area (Å²) in [5.74, 6) is 5.65. The van der Waals surface area contributed by atoms with Crippen molar-refractivity contribution in [3.05, 3.63) is 47.2 Å². The molecule has 0 heterocycles. The van der Waals surface area contributed by atoms with E-state index in [4.69, 9.17) is 4.74 Å². The molecule has 1 aromatic rings. The van der Waals surface area contributed by atoms with E-state index in [2.05, 4.69) is 22.9 Å². The van der Waals surface area contributed by atoms with Gasteiger partial charge in [-0.25, -0.2) is 4.79 Å². The Morgan fingerprint density at radius 1 is 1.14 bits per heavy atom. The molecule has 2 unspecified atom stereocenters. The van der Waals surface area contributed by atoms with E-state index in [-0.39, 0.29) is 0 Å². The predicted octanol–water partition coefficient (Wildman–Crippen LogP) is 4.25. The Bertz CT molecular complexity index is 811. The summed E-state index contributed by atoms with van der Waals surface area (Å²) in [6.45, 7) is 12.6. The number of carbonyl (C=O) groups excluding carboxylic acids is 1. The Kier molecular flexibility index (Phi) is 8.08. The summed E-state index contributed by atoms with van der Waals surface area (Å²) in [5, 5.41) is 23.5. The molecule has 3 N–H and O–H groups in total. The molecule has 0 radical (unpaired) electrons. The average molecular weight is 386 g/mol. The van der Waals surface area contributed by atoms with Gasteiger partial charge in [-0.1, -0.05) is 37.8 Å². The van der Waals surface area contributed by atoms with E-state index >= 15 is 0 Å². The van der Waals surface area contributed by atoms with Gasteiger partial charge in [-0.2, -0.15) is 0 Å². The third kappa shape index (κ3) is 7.62. The van der Waals surface area contributed by atoms with Crippen LogP contribution in [0.3, 0.4) is 0 Å². The third-order valence-electron chi connectivity index (χ3n) is 3.90. The van der Waals surface area contributed by atoms with Gasteiger partial charge in [0.1, 0.15) is 11.7 Å². The summed E-state index contributed by atoms with van der Waals surface area (Å²) < 4.78 is 5.26. The van der Waals surface area contributed by atoms with Crippen LogP contribution in [0.4, 0.5) is 10.5 Å². The SMILES string of the molecule is CC(C)=C=CC(O)C(C)(C)C(O)C#Cc1ccccc1NC(=O)OC(C)(C)C. The van der Waals surface area contributed by atoms with Gasteiger partial charge in [0.2, 0.25) is 0 Å². The molecule has 0 aliphatic heterocycles. The van der Waals surface area contributed by atoms with Gasteiger partial charge in [0.25, 0.3) is 0 Å². The second-order valence-electron chi connectivity index (χ2n) is 8.42. The molecule has 1 aromatic carbocycles. The zero-order chi connectivity index (χ0) is 21.5. The summed E-state index contributed by atoms with van der Waals surface area (Å²) in [4.78, 5) is 12.0. The molecule has 0 saturated carbocycles. The molecule has 0 saturated heterocycles. The second-order valence-corrected chi connectivity index (χ2v) is 8.42. The van der Waals surface area contributed by atoms with Crippen molar-refractivity contribution in [3.8, 4) is 11.8 Å². The molecule has 5 nitrogen and oxygen atoms in total. The molecule has 0 aliphatic carbocycles. The van der Waals surface area contributed by atoms with Crippen LogP contribution in [0.25, 0.3) is 0 Å². The van der Waals surface area contributed by atoms with Crippen LogP contribution in [-0.2, 0) is 4.74 Å². The van der Waals surface area contributed by atoms with Gasteiger partial charge in [-0.3, -0.25) is 5.32 Å². The van der Waals surface area contributed by atoms with E-state index in [9.17, 15) is 15.0 Å². The first-order valence-electron chi connectivity index (χ1n) is 9.19. The zero-order valence-electron chi connectivity index (χ0n) is 17.8. The molecule has 2 atom stereocenters. The monoisotopic (exact) mass is 385 g/mol. The molecule has 0 aliphatic rings. The van der Waals surface area contributed by atoms with E-state index < -0.39 is 29.3 Å². The maximum atomic E-state index is 12.0. The van der Waals surface area contributed by atoms with Crippen molar-refractivity contribution in [2.45, 2.75) is 66.3 Å². The molecule has 1 rings (SSSR count). The van der Waals surface area contributed by atoms with E-state index in [1.165, 1.54) is 6.08 Å². The Labute approximate surface area is 168 Å². The summed E-state index contributed by atoms with van der Waals surface area (Å²) in [6.07, 6.45) is -1.06. The van der Waals surface area contributed by atoms with Crippen LogP contribution in [0.2, 0.25) is 0 Å². The van der Waals surface area contributed by atoms with Gasteiger partial charge >= 0.3 is 6.09 Å². The van der Waals surface area contributed by atoms with Gasteiger partial charge in [-0.15, -0.1) is 5.73 Å². The number of amides is 1. The van der Waals surface area contributed by atoms with Crippen molar-refractivity contribution in [1.29, 1.82) is 0 Å². The fourth-order valence-electron chi connectivity index (χ4n) is 2.07. The van der Waals surface area contributed by atoms with Crippen LogP contribution in [0.15, 0.2) is 41.6 Å². The minimum absolute atomic E-state index is 0.485. The van der Waals surface area contributed by atoms with Crippen LogP contribution in [0.5, 0.6) is 0 Å². The van der Waals surface area contributed by atoms with Gasteiger partial charge < -0.3 is 14.9 Å². The van der Waals surface area contributed by atoms with Crippen LogP contribution in [-0.4, -0.2) is 34.1 Å². The zero-order valence-corrected chi connectivity index (χ0v) is 17.8. The number of benzene rings is 1. The smallest absolute Gasteiger partial charge is 0.412 e. The van der Waals surface area contributed by atoms with Crippen LogP contribution in [0.1, 0.15) is 54.0 Å². The highest BCUT2D eigenvalue weighted by molar-refractivity contribution is 5.86. The number of carbonyl (C=O) groups is 1. The number of nitrogens with one attached hydrogen (secondary N) is 1. The Morgan fingerprint density at radius 3 is 2.32 bits per heavy atom. The predicted molar refractivity (Wildman–Crippen MR) is 112 cm³/mol. The summed E-state index contributed by atoms with van der Waals surface area (Å²) in [5.41, 5.74) is 3.39. The topological polar surface area (TPSA) is 78.8 Å². The third-order valence-corrected chi connectivity index (χ3v) is 3.90. The maximum absolute atomic E-state index is 12.0. The quantitative estimate of drug-likeness (QED) is 0.535. The standard InChI is InChI=1S/C23H31NO4/c1-16(2)12-14-19(25)23(6,7)20(26)15-13-17-10-8-9-11-18(17)24-21(27)28-22(3,4)5/h8-11,14,19-20,25-26H,1-7H3,(H,24,27). The van der Waals surface area contributed by atoms with Crippen molar-refractivity contribution in [2.24, 2.45) is 5.41 Å². The number of rotatable bonds is 4. The van der Waals surface area contributed by atoms with Gasteiger partial charge in [0.15, 0.2) is 0 Å². The lowest BCUT2D eigenvalue weighted by Crippen LogP contribution is -2.38. The molecular formula is C23H31NO4. The summed E-state index contributed by atoms with van der Waals surface area (Å²) in [7, 11) is 0. The fourth-order valence-corrected chi connectivity index (χ4v) is 2.07. The first kappa shape index (κ1) is 23.5. The molecule has 0 spiro atoms. The highest BCUT2D eigenvalue weighted by Crippen LogP contribution is 2.26. The first-order valence-corrected chi connectivity index (χ1v) is 9.19. The number of hydrogen-bond donors (Lipinski definition) is 3. The Hall–Kier alpha value is -2.51. The Morgan fingerprint density at radius 2 is 1.75 bits per heavy atom. The van der Waals surface area contributed by atoms with Crippen molar-refractivity contribution < 1.29 is 19.7 Å². The number of para-hydroxylation sites is 1. The number of aliphatic hydroxyl groups excluding tert-OH is 2. The van der Waals surface area contributed by atoms with Crippen LogP contribution in [0, 0.1) is 17.3 Å². The van der Waals surface area contributed by atoms with Crippen molar-refractivity contribution in [2.75, 3.05) is 5.32 Å². The normalized spacial score (nSPS) is 13.3. The van der Waals surface area contributed by atoms with Gasteiger partial charge in [0, 0.05) is 11.0 Å². The fraction of sp³-hybridized carbons (Fsp3) is 0.478. The molecule has 28 heavy (non-hydrogen) atoms. The second kappa shape index (κ2) is 9.61. The lowest BCUT2D eigenvalue weighted by Gasteiger charge is -2.30. The lowest BCUT2D eigenvalue weighted by atomic mass is 9.80. The molecule has 0 fully saturated rings. The Balaban J connectivity index is 3.03. The van der Waals surface area contributed by atoms with Crippen LogP contribution < -0.4 is 5.32 Å². The summed E-state index contributed by atoms with van der Waals surface area (Å²) in [6, 6.07) is 7.00. The van der Waals surface area contributed by atoms with E-state index in [0.29, 0.717) is 11.3 Å². The largest absolute Gasteiger partial charge is 0.444 e. The molecule has 1 amide bonds. The highest BCUT2D eigenvalue weighted by atomic mass is 16.6. The number of anilines is 1. The minimum atomic E-state index is -1.09. The first-order chi connectivity index (χ1) is 12.8. The van der Waals surface area contributed by atoms with Crippen LogP contribution >= 0.6 is 0 Å². The average Bonchev–Trinajstić information content (AvgIpc) is 2.56. The highest BCUT2D eigenvalue weighted by Gasteiger charge is 2.33. The van der Waals surface area contributed by atoms with Crippen molar-refractivity contribution in [1.82, 2.24) is 0 Å². The molecular weight excluding hydrogens is 354 g/mol. The molecule has 5 heteroatoms. The molecule has 0 aromatic heterocycles. The number of hydrogen-bond acceptors (Lipinski definition) is 4. The number of ether oxygens (including phenoxy) is 1.